The van der Waals surface area contributed by atoms with E-state index in [2.05, 4.69) is 15.3 Å². The molecule has 0 aliphatic carbocycles. The molecule has 0 saturated carbocycles. The molecule has 2 aromatic carbocycles. The standard InChI is InChI=1S/C17H16N4OS/c1-12-5-3-4-6-14(12)11-18-21-16(19-20-17(21)23)13-7-9-15(22-2)10-8-13/h3-11H,1-2H3,(H,20,23)/b18-11+. The molecule has 23 heavy (non-hydrogen) atoms. The molecule has 0 unspecified atom stereocenters. The Morgan fingerprint density at radius 1 is 1.17 bits per heavy atom. The lowest BCUT2D eigenvalue weighted by Crippen LogP contribution is -1.96. The molecule has 1 N–H and O–H groups in total. The van der Waals surface area contributed by atoms with Gasteiger partial charge in [0.15, 0.2) is 5.82 Å². The molecule has 0 amide bonds. The smallest absolute Gasteiger partial charge is 0.216 e. The van der Waals surface area contributed by atoms with Crippen molar-refractivity contribution in [1.82, 2.24) is 14.9 Å². The topological polar surface area (TPSA) is 55.2 Å². The highest BCUT2D eigenvalue weighted by atomic mass is 32.1. The Kier molecular flexibility index (Phi) is 4.34. The fraction of sp³-hybridized carbons (Fsp3) is 0.118. The summed E-state index contributed by atoms with van der Waals surface area (Å²) in [5.74, 6) is 1.44. The number of ether oxygens (including phenoxy) is 1. The van der Waals surface area contributed by atoms with Crippen LogP contribution in [-0.2, 0) is 0 Å². The molecule has 1 aromatic heterocycles. The maximum Gasteiger partial charge on any atom is 0.216 e. The first-order valence-electron chi connectivity index (χ1n) is 7.11. The summed E-state index contributed by atoms with van der Waals surface area (Å²) in [7, 11) is 1.64. The highest BCUT2D eigenvalue weighted by molar-refractivity contribution is 7.71. The van der Waals surface area contributed by atoms with Gasteiger partial charge in [0.05, 0.1) is 13.3 Å². The second-order valence-electron chi connectivity index (χ2n) is 4.99. The van der Waals surface area contributed by atoms with E-state index in [1.54, 1.807) is 18.0 Å². The molecule has 3 aromatic rings. The largest absolute Gasteiger partial charge is 0.497 e. The number of aromatic amines is 1. The van der Waals surface area contributed by atoms with Crippen LogP contribution in [0.5, 0.6) is 5.75 Å². The fourth-order valence-electron chi connectivity index (χ4n) is 2.18. The number of nitrogens with one attached hydrogen (secondary N) is 1. The third kappa shape index (κ3) is 3.22. The van der Waals surface area contributed by atoms with Crippen LogP contribution < -0.4 is 4.74 Å². The molecule has 0 spiro atoms. The highest BCUT2D eigenvalue weighted by Crippen LogP contribution is 2.20. The number of hydrogen-bond acceptors (Lipinski definition) is 4. The van der Waals surface area contributed by atoms with Gasteiger partial charge < -0.3 is 4.74 Å². The van der Waals surface area contributed by atoms with Crippen molar-refractivity contribution in [2.24, 2.45) is 5.10 Å². The summed E-state index contributed by atoms with van der Waals surface area (Å²) in [5, 5.41) is 11.5. The number of methoxy groups -OCH3 is 1. The summed E-state index contributed by atoms with van der Waals surface area (Å²) in [6.07, 6.45) is 1.79. The van der Waals surface area contributed by atoms with Crippen LogP contribution in [0.1, 0.15) is 11.1 Å². The van der Waals surface area contributed by atoms with Crippen molar-refractivity contribution in [1.29, 1.82) is 0 Å². The minimum atomic E-state index is 0.445. The van der Waals surface area contributed by atoms with Crippen molar-refractivity contribution >= 4 is 18.4 Å². The van der Waals surface area contributed by atoms with E-state index in [0.717, 1.165) is 22.4 Å². The Hall–Kier alpha value is -2.73. The summed E-state index contributed by atoms with van der Waals surface area (Å²) in [6, 6.07) is 15.6. The monoisotopic (exact) mass is 324 g/mol. The first-order valence-corrected chi connectivity index (χ1v) is 7.51. The first-order chi connectivity index (χ1) is 11.2. The van der Waals surface area contributed by atoms with Crippen molar-refractivity contribution in [3.8, 4) is 17.1 Å². The number of aromatic nitrogens is 3. The van der Waals surface area contributed by atoms with Gasteiger partial charge in [-0.25, -0.2) is 5.10 Å². The Labute approximate surface area is 139 Å². The van der Waals surface area contributed by atoms with Gasteiger partial charge in [0.25, 0.3) is 0 Å². The summed E-state index contributed by atoms with van der Waals surface area (Å²) in [4.78, 5) is 0. The normalized spacial score (nSPS) is 11.0. The highest BCUT2D eigenvalue weighted by Gasteiger charge is 2.08. The van der Waals surface area contributed by atoms with Crippen LogP contribution in [0.3, 0.4) is 0 Å². The molecule has 0 aliphatic heterocycles. The maximum atomic E-state index is 5.28. The molecule has 5 nitrogen and oxygen atoms in total. The van der Waals surface area contributed by atoms with Crippen LogP contribution in [0, 0.1) is 11.7 Å². The quantitative estimate of drug-likeness (QED) is 0.586. The number of rotatable bonds is 4. The Bertz CT molecular complexity index is 893. The van der Waals surface area contributed by atoms with Gasteiger partial charge in [0.1, 0.15) is 5.75 Å². The van der Waals surface area contributed by atoms with E-state index < -0.39 is 0 Å². The predicted octanol–water partition coefficient (Wildman–Crippen LogP) is 3.81. The molecular weight excluding hydrogens is 308 g/mol. The van der Waals surface area contributed by atoms with Gasteiger partial charge >= 0.3 is 0 Å². The number of H-pyrrole nitrogens is 1. The Morgan fingerprint density at radius 3 is 2.61 bits per heavy atom. The summed E-state index contributed by atoms with van der Waals surface area (Å²) < 4.78 is 7.23. The number of hydrogen-bond donors (Lipinski definition) is 1. The van der Waals surface area contributed by atoms with E-state index in [-0.39, 0.29) is 0 Å². The lowest BCUT2D eigenvalue weighted by atomic mass is 10.1. The van der Waals surface area contributed by atoms with E-state index in [4.69, 9.17) is 17.0 Å². The lowest BCUT2D eigenvalue weighted by molar-refractivity contribution is 0.415. The lowest BCUT2D eigenvalue weighted by Gasteiger charge is -2.03. The van der Waals surface area contributed by atoms with Gasteiger partial charge in [-0.1, -0.05) is 24.3 Å². The molecule has 0 aliphatic rings. The van der Waals surface area contributed by atoms with E-state index in [1.165, 1.54) is 0 Å². The zero-order valence-corrected chi connectivity index (χ0v) is 13.7. The van der Waals surface area contributed by atoms with Gasteiger partial charge in [-0.2, -0.15) is 14.9 Å². The molecule has 1 heterocycles. The average molecular weight is 324 g/mol. The molecule has 0 atom stereocenters. The van der Waals surface area contributed by atoms with E-state index in [9.17, 15) is 0 Å². The van der Waals surface area contributed by atoms with Crippen molar-refractivity contribution < 1.29 is 4.74 Å². The molecule has 6 heteroatoms. The van der Waals surface area contributed by atoms with Gasteiger partial charge in [0.2, 0.25) is 4.77 Å². The second-order valence-corrected chi connectivity index (χ2v) is 5.38. The third-order valence-corrected chi connectivity index (χ3v) is 3.76. The van der Waals surface area contributed by atoms with Crippen LogP contribution >= 0.6 is 12.2 Å². The maximum absolute atomic E-state index is 5.28. The van der Waals surface area contributed by atoms with Crippen molar-refractivity contribution in [2.75, 3.05) is 7.11 Å². The van der Waals surface area contributed by atoms with E-state index in [1.807, 2.05) is 55.5 Å². The van der Waals surface area contributed by atoms with Crippen molar-refractivity contribution in [3.05, 3.63) is 64.4 Å². The molecule has 0 saturated heterocycles. The SMILES string of the molecule is COc1ccc(-c2n[nH]c(=S)n2/N=C/c2ccccc2C)cc1. The average Bonchev–Trinajstić information content (AvgIpc) is 2.95. The molecule has 0 bridgehead atoms. The van der Waals surface area contributed by atoms with Crippen molar-refractivity contribution in [2.45, 2.75) is 6.92 Å². The zero-order chi connectivity index (χ0) is 16.2. The molecule has 0 fully saturated rings. The molecule has 3 rings (SSSR count). The van der Waals surface area contributed by atoms with E-state index in [0.29, 0.717) is 10.6 Å². The van der Waals surface area contributed by atoms with Gasteiger partial charge in [-0.15, -0.1) is 0 Å². The van der Waals surface area contributed by atoms with Crippen molar-refractivity contribution in [3.63, 3.8) is 0 Å². The van der Waals surface area contributed by atoms with Crippen LogP contribution in [0.25, 0.3) is 11.4 Å². The Morgan fingerprint density at radius 2 is 1.91 bits per heavy atom. The zero-order valence-electron chi connectivity index (χ0n) is 12.9. The van der Waals surface area contributed by atoms with Crippen LogP contribution in [0.4, 0.5) is 0 Å². The summed E-state index contributed by atoms with van der Waals surface area (Å²) in [5.41, 5.74) is 3.09. The van der Waals surface area contributed by atoms with Crippen LogP contribution in [0.2, 0.25) is 0 Å². The van der Waals surface area contributed by atoms with Gasteiger partial charge in [-0.05, 0) is 54.5 Å². The van der Waals surface area contributed by atoms with E-state index >= 15 is 0 Å². The van der Waals surface area contributed by atoms with Gasteiger partial charge in [-0.3, -0.25) is 0 Å². The molecule has 116 valence electrons. The van der Waals surface area contributed by atoms with Gasteiger partial charge in [0, 0.05) is 5.56 Å². The molecule has 0 radical (unpaired) electrons. The molecular formula is C17H16N4OS. The second kappa shape index (κ2) is 6.58. The predicted molar refractivity (Wildman–Crippen MR) is 93.6 cm³/mol. The number of benzene rings is 2. The van der Waals surface area contributed by atoms with Crippen LogP contribution in [0.15, 0.2) is 53.6 Å². The number of aryl methyl sites for hydroxylation is 1. The summed E-state index contributed by atoms with van der Waals surface area (Å²) >= 11 is 5.28. The minimum Gasteiger partial charge on any atom is -0.497 e. The summed E-state index contributed by atoms with van der Waals surface area (Å²) in [6.45, 7) is 2.04. The third-order valence-electron chi connectivity index (χ3n) is 3.50. The number of nitrogens with zero attached hydrogens (tertiary/aromatic N) is 3. The first kappa shape index (κ1) is 15.2. The fourth-order valence-corrected chi connectivity index (χ4v) is 2.36. The minimum absolute atomic E-state index is 0.445. The van der Waals surface area contributed by atoms with Crippen LogP contribution in [-0.4, -0.2) is 28.2 Å². The Balaban J connectivity index is 1.99.